The zero-order chi connectivity index (χ0) is 11.7. The van der Waals surface area contributed by atoms with Crippen LogP contribution >= 0.6 is 35.3 Å². The van der Waals surface area contributed by atoms with Crippen LogP contribution in [-0.4, -0.2) is 0 Å². The molecule has 0 saturated carbocycles. The highest BCUT2D eigenvalue weighted by Gasteiger charge is 2.18. The first-order valence-corrected chi connectivity index (χ1v) is 6.15. The summed E-state index contributed by atoms with van der Waals surface area (Å²) in [6.45, 7) is 1.84. The van der Waals surface area contributed by atoms with Gasteiger partial charge in [-0.05, 0) is 40.9 Å². The second-order valence-electron chi connectivity index (χ2n) is 3.63. The van der Waals surface area contributed by atoms with Gasteiger partial charge in [0.2, 0.25) is 0 Å². The Hall–Kier alpha value is -0.610. The van der Waals surface area contributed by atoms with Gasteiger partial charge in [0.15, 0.2) is 0 Å². The molecule has 0 bridgehead atoms. The summed E-state index contributed by atoms with van der Waals surface area (Å²) in [4.78, 5) is 0. The molecule has 1 aromatic carbocycles. The Labute approximate surface area is 115 Å². The Kier molecular flexibility index (Phi) is 4.95. The number of hydrogen-bond donors (Lipinski definition) is 1. The summed E-state index contributed by atoms with van der Waals surface area (Å²) in [7, 11) is 0. The van der Waals surface area contributed by atoms with Gasteiger partial charge in [0.25, 0.3) is 0 Å². The van der Waals surface area contributed by atoms with Gasteiger partial charge < -0.3 is 5.73 Å². The predicted molar refractivity (Wildman–Crippen MR) is 73.7 cm³/mol. The number of rotatable bonds is 2. The van der Waals surface area contributed by atoms with E-state index in [4.69, 9.17) is 17.3 Å². The molecule has 0 aliphatic carbocycles. The third-order valence-corrected chi connectivity index (χ3v) is 3.74. The van der Waals surface area contributed by atoms with Crippen molar-refractivity contribution in [3.63, 3.8) is 0 Å². The summed E-state index contributed by atoms with van der Waals surface area (Å²) in [5.74, 6) is -0.352. The molecule has 2 N–H and O–H groups in total. The van der Waals surface area contributed by atoms with Crippen molar-refractivity contribution >= 4 is 35.3 Å². The molecule has 1 aromatic heterocycles. The van der Waals surface area contributed by atoms with Gasteiger partial charge in [-0.3, -0.25) is 0 Å². The third kappa shape index (κ3) is 2.80. The molecule has 0 aliphatic rings. The van der Waals surface area contributed by atoms with Crippen LogP contribution in [0.5, 0.6) is 0 Å². The molecule has 0 saturated heterocycles. The zero-order valence-corrected chi connectivity index (χ0v) is 11.5. The van der Waals surface area contributed by atoms with E-state index in [-0.39, 0.29) is 18.2 Å². The van der Waals surface area contributed by atoms with Crippen molar-refractivity contribution in [2.75, 3.05) is 0 Å². The van der Waals surface area contributed by atoms with E-state index < -0.39 is 6.04 Å². The van der Waals surface area contributed by atoms with E-state index in [1.54, 1.807) is 6.07 Å². The predicted octanol–water partition coefficient (Wildman–Crippen LogP) is 4.32. The number of nitrogens with two attached hydrogens (primary N) is 1. The largest absolute Gasteiger partial charge is 0.320 e. The van der Waals surface area contributed by atoms with E-state index in [1.165, 1.54) is 17.4 Å². The van der Waals surface area contributed by atoms with Gasteiger partial charge in [0.1, 0.15) is 5.82 Å². The van der Waals surface area contributed by atoms with Gasteiger partial charge in [-0.25, -0.2) is 4.39 Å². The normalized spacial score (nSPS) is 12.0. The van der Waals surface area contributed by atoms with E-state index in [2.05, 4.69) is 0 Å². The van der Waals surface area contributed by atoms with Crippen LogP contribution in [0.1, 0.15) is 22.7 Å². The van der Waals surface area contributed by atoms with E-state index in [0.29, 0.717) is 10.6 Å². The minimum Gasteiger partial charge on any atom is -0.320 e. The maximum atomic E-state index is 13.7. The molecule has 0 spiro atoms. The fourth-order valence-corrected chi connectivity index (χ4v) is 2.55. The molecule has 1 heterocycles. The van der Waals surface area contributed by atoms with Gasteiger partial charge >= 0.3 is 0 Å². The Morgan fingerprint density at radius 3 is 2.65 bits per heavy atom. The summed E-state index contributed by atoms with van der Waals surface area (Å²) < 4.78 is 13.7. The quantitative estimate of drug-likeness (QED) is 0.876. The van der Waals surface area contributed by atoms with Crippen molar-refractivity contribution in [1.29, 1.82) is 0 Å². The molecular weight excluding hydrogens is 280 g/mol. The van der Waals surface area contributed by atoms with Crippen molar-refractivity contribution in [3.8, 4) is 0 Å². The Morgan fingerprint density at radius 2 is 2.06 bits per heavy atom. The van der Waals surface area contributed by atoms with Gasteiger partial charge in [-0.2, -0.15) is 11.3 Å². The number of aryl methyl sites for hydroxylation is 1. The van der Waals surface area contributed by atoms with Crippen LogP contribution in [0.2, 0.25) is 5.02 Å². The van der Waals surface area contributed by atoms with Crippen molar-refractivity contribution in [2.45, 2.75) is 13.0 Å². The van der Waals surface area contributed by atoms with Crippen LogP contribution in [0.4, 0.5) is 4.39 Å². The Balaban J connectivity index is 0.00000144. The van der Waals surface area contributed by atoms with Crippen molar-refractivity contribution in [3.05, 3.63) is 56.5 Å². The molecule has 0 radical (unpaired) electrons. The first kappa shape index (κ1) is 14.5. The molecule has 2 rings (SSSR count). The summed E-state index contributed by atoms with van der Waals surface area (Å²) in [6, 6.07) is 4.44. The molecule has 2 aromatic rings. The average molecular weight is 292 g/mol. The second kappa shape index (κ2) is 5.83. The molecule has 0 aliphatic heterocycles. The smallest absolute Gasteiger partial charge is 0.129 e. The fourth-order valence-electron chi connectivity index (χ4n) is 1.58. The lowest BCUT2D eigenvalue weighted by atomic mass is 10.00. The van der Waals surface area contributed by atoms with Crippen LogP contribution in [0, 0.1) is 12.7 Å². The molecular formula is C12H12Cl2FNS. The highest BCUT2D eigenvalue weighted by atomic mass is 35.5. The summed E-state index contributed by atoms with van der Waals surface area (Å²) in [5.41, 5.74) is 8.11. The van der Waals surface area contributed by atoms with Crippen LogP contribution < -0.4 is 5.73 Å². The minimum atomic E-state index is -0.501. The van der Waals surface area contributed by atoms with E-state index in [1.807, 2.05) is 23.8 Å². The molecule has 0 amide bonds. The lowest BCUT2D eigenvalue weighted by molar-refractivity contribution is 0.599. The summed E-state index contributed by atoms with van der Waals surface area (Å²) in [5, 5.41) is 4.23. The van der Waals surface area contributed by atoms with E-state index >= 15 is 0 Å². The number of benzene rings is 1. The Morgan fingerprint density at radius 1 is 1.35 bits per heavy atom. The highest BCUT2D eigenvalue weighted by molar-refractivity contribution is 7.08. The van der Waals surface area contributed by atoms with Crippen LogP contribution in [-0.2, 0) is 0 Å². The van der Waals surface area contributed by atoms with Gasteiger partial charge in [-0.15, -0.1) is 12.4 Å². The van der Waals surface area contributed by atoms with Crippen molar-refractivity contribution in [1.82, 2.24) is 0 Å². The molecule has 1 atom stereocenters. The summed E-state index contributed by atoms with van der Waals surface area (Å²) in [6.07, 6.45) is 0. The summed E-state index contributed by atoms with van der Waals surface area (Å²) >= 11 is 7.63. The molecule has 0 fully saturated rings. The zero-order valence-electron chi connectivity index (χ0n) is 9.11. The molecule has 92 valence electrons. The molecule has 17 heavy (non-hydrogen) atoms. The standard InChI is InChI=1S/C12H11ClFNS.ClH/c1-7-2-3-9(14)10(11(7)13)12(15)8-4-5-16-6-8;/h2-6,12H,15H2,1H3;1H/t12-;/m1./s1. The van der Waals surface area contributed by atoms with E-state index in [0.717, 1.165) is 11.1 Å². The molecule has 5 heteroatoms. The number of hydrogen-bond acceptors (Lipinski definition) is 2. The molecule has 1 nitrogen and oxygen atoms in total. The lowest BCUT2D eigenvalue weighted by Crippen LogP contribution is -2.14. The molecule has 0 unspecified atom stereocenters. The monoisotopic (exact) mass is 291 g/mol. The SMILES string of the molecule is Cc1ccc(F)c([C@H](N)c2ccsc2)c1Cl.Cl. The first-order valence-electron chi connectivity index (χ1n) is 4.83. The lowest BCUT2D eigenvalue weighted by Gasteiger charge is -2.14. The fraction of sp³-hybridized carbons (Fsp3) is 0.167. The number of thiophene rings is 1. The Bertz CT molecular complexity index is 499. The average Bonchev–Trinajstić information content (AvgIpc) is 2.77. The second-order valence-corrected chi connectivity index (χ2v) is 4.78. The third-order valence-electron chi connectivity index (χ3n) is 2.53. The van der Waals surface area contributed by atoms with Crippen molar-refractivity contribution < 1.29 is 4.39 Å². The highest BCUT2D eigenvalue weighted by Crippen LogP contribution is 2.31. The van der Waals surface area contributed by atoms with Crippen molar-refractivity contribution in [2.24, 2.45) is 5.73 Å². The maximum Gasteiger partial charge on any atom is 0.129 e. The first-order chi connectivity index (χ1) is 7.61. The number of halogens is 3. The maximum absolute atomic E-state index is 13.7. The van der Waals surface area contributed by atoms with Crippen LogP contribution in [0.25, 0.3) is 0 Å². The topological polar surface area (TPSA) is 26.0 Å². The van der Waals surface area contributed by atoms with E-state index in [9.17, 15) is 4.39 Å². The van der Waals surface area contributed by atoms with Crippen LogP contribution in [0.3, 0.4) is 0 Å². The minimum absolute atomic E-state index is 0. The van der Waals surface area contributed by atoms with Gasteiger partial charge in [0, 0.05) is 5.56 Å². The van der Waals surface area contributed by atoms with Gasteiger partial charge in [0.05, 0.1) is 11.1 Å². The van der Waals surface area contributed by atoms with Crippen LogP contribution in [0.15, 0.2) is 29.0 Å². The van der Waals surface area contributed by atoms with Gasteiger partial charge in [-0.1, -0.05) is 17.7 Å².